The van der Waals surface area contributed by atoms with Crippen LogP contribution < -0.4 is 5.43 Å². The first-order valence-electron chi connectivity index (χ1n) is 2.40. The standard InChI is InChI=1S/C5H8N2O/c8-5-7-4-2-1-3-6-7/h1-4,6,8H,5H2. The van der Waals surface area contributed by atoms with Gasteiger partial charge in [-0.2, -0.15) is 0 Å². The number of nitrogens with one attached hydrogen (secondary N) is 1. The highest BCUT2D eigenvalue weighted by atomic mass is 16.3. The molecule has 0 atom stereocenters. The van der Waals surface area contributed by atoms with Gasteiger partial charge in [-0.1, -0.05) is 0 Å². The first kappa shape index (κ1) is 5.18. The molecule has 0 aromatic rings. The second-order valence-electron chi connectivity index (χ2n) is 1.44. The monoisotopic (exact) mass is 112 g/mol. The smallest absolute Gasteiger partial charge is 0.133 e. The highest BCUT2D eigenvalue weighted by Gasteiger charge is 1.90. The minimum Gasteiger partial charge on any atom is -0.375 e. The van der Waals surface area contributed by atoms with Crippen molar-refractivity contribution in [3.63, 3.8) is 0 Å². The summed E-state index contributed by atoms with van der Waals surface area (Å²) in [4.78, 5) is 0. The summed E-state index contributed by atoms with van der Waals surface area (Å²) in [5.74, 6) is 0. The second kappa shape index (κ2) is 2.37. The van der Waals surface area contributed by atoms with Crippen molar-refractivity contribution in [2.75, 3.05) is 6.73 Å². The second-order valence-corrected chi connectivity index (χ2v) is 1.44. The number of aliphatic hydroxyl groups is 1. The van der Waals surface area contributed by atoms with Crippen LogP contribution in [0, 0.1) is 0 Å². The normalized spacial score (nSPS) is 16.4. The molecule has 3 heteroatoms. The van der Waals surface area contributed by atoms with Gasteiger partial charge in [0.25, 0.3) is 0 Å². The van der Waals surface area contributed by atoms with E-state index < -0.39 is 0 Å². The number of rotatable bonds is 1. The molecule has 1 rings (SSSR count). The fraction of sp³-hybridized carbons (Fsp3) is 0.200. The van der Waals surface area contributed by atoms with Crippen LogP contribution in [0.2, 0.25) is 0 Å². The molecular weight excluding hydrogens is 104 g/mol. The highest BCUT2D eigenvalue weighted by Crippen LogP contribution is 1.88. The molecule has 0 fully saturated rings. The third kappa shape index (κ3) is 1.01. The molecule has 0 radical (unpaired) electrons. The quantitative estimate of drug-likeness (QED) is 0.492. The molecule has 44 valence electrons. The van der Waals surface area contributed by atoms with Crippen molar-refractivity contribution >= 4 is 0 Å². The van der Waals surface area contributed by atoms with Crippen LogP contribution in [0.1, 0.15) is 0 Å². The molecule has 1 heterocycles. The van der Waals surface area contributed by atoms with Crippen molar-refractivity contribution in [1.29, 1.82) is 0 Å². The van der Waals surface area contributed by atoms with E-state index in [1.807, 2.05) is 12.2 Å². The van der Waals surface area contributed by atoms with Crippen molar-refractivity contribution in [2.45, 2.75) is 0 Å². The Morgan fingerprint density at radius 3 is 2.75 bits per heavy atom. The fourth-order valence-corrected chi connectivity index (χ4v) is 0.479. The van der Waals surface area contributed by atoms with Gasteiger partial charge in [-0.15, -0.1) is 0 Å². The Bertz CT molecular complexity index is 120. The average molecular weight is 112 g/mol. The summed E-state index contributed by atoms with van der Waals surface area (Å²) in [5, 5.41) is 10.0. The van der Waals surface area contributed by atoms with Gasteiger partial charge in [0.05, 0.1) is 0 Å². The van der Waals surface area contributed by atoms with Crippen LogP contribution in [0.4, 0.5) is 0 Å². The molecule has 0 aromatic carbocycles. The van der Waals surface area contributed by atoms with Crippen LogP contribution in [0.25, 0.3) is 0 Å². The first-order valence-corrected chi connectivity index (χ1v) is 2.40. The molecular formula is C5H8N2O. The predicted molar refractivity (Wildman–Crippen MR) is 30.3 cm³/mol. The van der Waals surface area contributed by atoms with Crippen molar-refractivity contribution in [1.82, 2.24) is 10.4 Å². The zero-order valence-corrected chi connectivity index (χ0v) is 4.41. The fourth-order valence-electron chi connectivity index (χ4n) is 0.479. The van der Waals surface area contributed by atoms with E-state index in [1.165, 1.54) is 0 Å². The Morgan fingerprint density at radius 2 is 2.38 bits per heavy atom. The first-order chi connectivity index (χ1) is 3.93. The summed E-state index contributed by atoms with van der Waals surface area (Å²) in [5.41, 5.74) is 2.78. The zero-order valence-electron chi connectivity index (χ0n) is 4.41. The van der Waals surface area contributed by atoms with Gasteiger partial charge in [0.15, 0.2) is 0 Å². The maximum Gasteiger partial charge on any atom is 0.133 e. The number of hydrogen-bond acceptors (Lipinski definition) is 3. The molecule has 0 saturated carbocycles. The summed E-state index contributed by atoms with van der Waals surface area (Å²) >= 11 is 0. The van der Waals surface area contributed by atoms with E-state index in [4.69, 9.17) is 5.11 Å². The lowest BCUT2D eigenvalue weighted by atomic mass is 10.5. The van der Waals surface area contributed by atoms with E-state index in [0.717, 1.165) is 0 Å². The number of allylic oxidation sites excluding steroid dienone is 2. The summed E-state index contributed by atoms with van der Waals surface area (Å²) in [7, 11) is 0. The number of nitrogens with zero attached hydrogens (tertiary/aromatic N) is 1. The molecule has 0 aliphatic carbocycles. The Kier molecular flexibility index (Phi) is 1.54. The lowest BCUT2D eigenvalue weighted by molar-refractivity contribution is 0.122. The Labute approximate surface area is 47.9 Å². The van der Waals surface area contributed by atoms with Gasteiger partial charge >= 0.3 is 0 Å². The molecule has 0 saturated heterocycles. The number of aliphatic hydroxyl groups excluding tert-OH is 1. The van der Waals surface area contributed by atoms with E-state index in [-0.39, 0.29) is 6.73 Å². The Hall–Kier alpha value is -0.960. The van der Waals surface area contributed by atoms with Gasteiger partial charge in [0.2, 0.25) is 0 Å². The molecule has 0 amide bonds. The molecule has 3 nitrogen and oxygen atoms in total. The van der Waals surface area contributed by atoms with E-state index in [9.17, 15) is 0 Å². The third-order valence-corrected chi connectivity index (χ3v) is 0.866. The molecule has 0 bridgehead atoms. The summed E-state index contributed by atoms with van der Waals surface area (Å²) in [6.45, 7) is 0.000833. The molecule has 1 aliphatic heterocycles. The van der Waals surface area contributed by atoms with Crippen LogP contribution in [0.5, 0.6) is 0 Å². The average Bonchev–Trinajstić information content (AvgIpc) is 1.90. The van der Waals surface area contributed by atoms with Crippen LogP contribution in [-0.2, 0) is 0 Å². The number of hydrazine groups is 1. The lowest BCUT2D eigenvalue weighted by Crippen LogP contribution is -2.30. The van der Waals surface area contributed by atoms with Crippen LogP contribution >= 0.6 is 0 Å². The van der Waals surface area contributed by atoms with Crippen molar-refractivity contribution in [3.05, 3.63) is 24.6 Å². The van der Waals surface area contributed by atoms with Gasteiger partial charge in [0, 0.05) is 12.4 Å². The van der Waals surface area contributed by atoms with Crippen LogP contribution in [-0.4, -0.2) is 16.8 Å². The maximum atomic E-state index is 8.47. The van der Waals surface area contributed by atoms with Crippen molar-refractivity contribution < 1.29 is 5.11 Å². The van der Waals surface area contributed by atoms with Crippen molar-refractivity contribution in [2.24, 2.45) is 0 Å². The summed E-state index contributed by atoms with van der Waals surface area (Å²) in [6.07, 6.45) is 7.19. The van der Waals surface area contributed by atoms with E-state index in [1.54, 1.807) is 17.4 Å². The molecule has 0 aromatic heterocycles. The lowest BCUT2D eigenvalue weighted by Gasteiger charge is -2.17. The predicted octanol–water partition coefficient (Wildman–Crippen LogP) is -0.216. The van der Waals surface area contributed by atoms with Gasteiger partial charge in [0.1, 0.15) is 6.73 Å². The van der Waals surface area contributed by atoms with Gasteiger partial charge in [-0.25, -0.2) is 0 Å². The topological polar surface area (TPSA) is 35.5 Å². The van der Waals surface area contributed by atoms with E-state index >= 15 is 0 Å². The Morgan fingerprint density at radius 1 is 1.50 bits per heavy atom. The third-order valence-electron chi connectivity index (χ3n) is 0.866. The highest BCUT2D eigenvalue weighted by molar-refractivity contribution is 5.04. The van der Waals surface area contributed by atoms with Gasteiger partial charge in [-0.05, 0) is 12.2 Å². The molecule has 8 heavy (non-hydrogen) atoms. The van der Waals surface area contributed by atoms with E-state index in [2.05, 4.69) is 5.43 Å². The molecule has 0 unspecified atom stereocenters. The van der Waals surface area contributed by atoms with Gasteiger partial charge < -0.3 is 10.5 Å². The van der Waals surface area contributed by atoms with Gasteiger partial charge in [-0.3, -0.25) is 5.01 Å². The minimum absolute atomic E-state index is 0.000833. The van der Waals surface area contributed by atoms with E-state index in [0.29, 0.717) is 0 Å². The Balaban J connectivity index is 2.40. The van der Waals surface area contributed by atoms with Crippen molar-refractivity contribution in [3.8, 4) is 0 Å². The summed E-state index contributed by atoms with van der Waals surface area (Å²) < 4.78 is 0. The maximum absolute atomic E-state index is 8.47. The SMILES string of the molecule is OCN1C=CC=CN1. The zero-order chi connectivity index (χ0) is 5.82. The van der Waals surface area contributed by atoms with Crippen LogP contribution in [0.3, 0.4) is 0 Å². The molecule has 1 aliphatic rings. The molecule has 2 N–H and O–H groups in total. The molecule has 0 spiro atoms. The van der Waals surface area contributed by atoms with Crippen LogP contribution in [0.15, 0.2) is 24.6 Å². The minimum atomic E-state index is 0.000833. The number of hydrogen-bond donors (Lipinski definition) is 2. The largest absolute Gasteiger partial charge is 0.375 e. The summed E-state index contributed by atoms with van der Waals surface area (Å²) in [6, 6.07) is 0.